The molecule has 1 aromatic rings. The lowest BCUT2D eigenvalue weighted by Gasteiger charge is -2.49. The number of allylic oxidation sites excluding steroid dienone is 1. The number of hydrogen-bond donors (Lipinski definition) is 3. The molecule has 0 aromatic carbocycles. The smallest absolute Gasteiger partial charge is 0.358 e. The third-order valence-electron chi connectivity index (χ3n) is 6.20. The van der Waals surface area contributed by atoms with E-state index in [1.165, 1.54) is 35.4 Å². The molecule has 2 unspecified atom stereocenters. The number of halogens is 1. The second-order valence-electron chi connectivity index (χ2n) is 10.00. The largest absolute Gasteiger partial charge is 0.427 e. The van der Waals surface area contributed by atoms with Crippen molar-refractivity contribution in [3.8, 4) is 0 Å². The summed E-state index contributed by atoms with van der Waals surface area (Å²) in [4.78, 5) is 74.1. The molecule has 0 bridgehead atoms. The fraction of sp³-hybridized carbons (Fsp3) is 0.458. The normalized spacial score (nSPS) is 21.5. The van der Waals surface area contributed by atoms with Crippen LogP contribution in [0.3, 0.4) is 0 Å². The first-order valence-corrected chi connectivity index (χ1v) is 14.1. The Morgan fingerprint density at radius 1 is 1.29 bits per heavy atom. The summed E-state index contributed by atoms with van der Waals surface area (Å²) in [6, 6.07) is -1.08. The van der Waals surface area contributed by atoms with E-state index in [0.29, 0.717) is 24.1 Å². The van der Waals surface area contributed by atoms with Gasteiger partial charge in [-0.15, -0.1) is 35.5 Å². The molecule has 15 nitrogen and oxygen atoms in total. The number of rotatable bonds is 8. The first kappa shape index (κ1) is 32.8. The number of ether oxygens (including phenoxy) is 2. The zero-order valence-electron chi connectivity index (χ0n) is 22.9. The molecular formula is C24H29ClN6O9S2. The Morgan fingerprint density at radius 2 is 2.00 bits per heavy atom. The number of esters is 2. The highest BCUT2D eigenvalue weighted by Crippen LogP contribution is 2.41. The number of fused-ring (bicyclic) bond motifs is 1. The molecule has 2 fully saturated rings. The minimum Gasteiger partial charge on any atom is -0.427 e. The van der Waals surface area contributed by atoms with E-state index < -0.39 is 53.1 Å². The lowest BCUT2D eigenvalue weighted by Crippen LogP contribution is -2.71. The fourth-order valence-electron chi connectivity index (χ4n) is 4.09. The van der Waals surface area contributed by atoms with Gasteiger partial charge < -0.3 is 25.7 Å². The first-order chi connectivity index (χ1) is 19.4. The number of β-lactam (4-membered cyclic amide) rings is 1. The van der Waals surface area contributed by atoms with Gasteiger partial charge in [0.1, 0.15) is 22.8 Å². The molecule has 0 radical (unpaired) electrons. The molecule has 3 amide bonds. The molecule has 0 aliphatic carbocycles. The number of carbonyl (C=O) groups is 5. The van der Waals surface area contributed by atoms with Crippen LogP contribution in [0.5, 0.6) is 0 Å². The third kappa shape index (κ3) is 6.53. The Morgan fingerprint density at radius 3 is 2.57 bits per heavy atom. The Hall–Kier alpha value is -3.67. The Balaban J connectivity index is 0.00000484. The van der Waals surface area contributed by atoms with Crippen molar-refractivity contribution in [3.63, 3.8) is 0 Å². The van der Waals surface area contributed by atoms with Crippen LogP contribution in [0.2, 0.25) is 0 Å². The predicted molar refractivity (Wildman–Crippen MR) is 152 cm³/mol. The van der Waals surface area contributed by atoms with Crippen molar-refractivity contribution in [1.82, 2.24) is 20.3 Å². The van der Waals surface area contributed by atoms with Crippen LogP contribution < -0.4 is 11.1 Å². The van der Waals surface area contributed by atoms with Crippen molar-refractivity contribution in [2.45, 2.75) is 38.6 Å². The van der Waals surface area contributed by atoms with Crippen LogP contribution in [0.15, 0.2) is 33.5 Å². The number of thiazole rings is 1. The van der Waals surface area contributed by atoms with Crippen molar-refractivity contribution >= 4 is 76.0 Å². The van der Waals surface area contributed by atoms with Gasteiger partial charge in [0.25, 0.3) is 17.7 Å². The number of nitrogens with one attached hydrogen (secondary N) is 1. The van der Waals surface area contributed by atoms with Gasteiger partial charge in [0.2, 0.25) is 6.79 Å². The molecule has 3 aliphatic heterocycles. The molecule has 18 heteroatoms. The zero-order chi connectivity index (χ0) is 30.1. The summed E-state index contributed by atoms with van der Waals surface area (Å²) in [6.07, 6.45) is 1.87. The van der Waals surface area contributed by atoms with Crippen LogP contribution in [-0.4, -0.2) is 93.1 Å². The van der Waals surface area contributed by atoms with Crippen LogP contribution in [-0.2, 0) is 38.3 Å². The third-order valence-corrected chi connectivity index (χ3v) is 8.18. The van der Waals surface area contributed by atoms with Gasteiger partial charge in [-0.2, -0.15) is 0 Å². The Labute approximate surface area is 254 Å². The van der Waals surface area contributed by atoms with Crippen LogP contribution in [0, 0.1) is 5.41 Å². The monoisotopic (exact) mass is 644 g/mol. The van der Waals surface area contributed by atoms with Gasteiger partial charge in [-0.1, -0.05) is 5.16 Å². The van der Waals surface area contributed by atoms with Gasteiger partial charge >= 0.3 is 11.9 Å². The highest BCUT2D eigenvalue weighted by Gasteiger charge is 2.54. The van der Waals surface area contributed by atoms with Gasteiger partial charge in [0, 0.05) is 16.7 Å². The van der Waals surface area contributed by atoms with Gasteiger partial charge in [0.15, 0.2) is 10.8 Å². The summed E-state index contributed by atoms with van der Waals surface area (Å²) in [5, 5.41) is 16.9. The number of aromatic nitrogens is 1. The average molecular weight is 645 g/mol. The molecule has 4 N–H and O–H groups in total. The quantitative estimate of drug-likeness (QED) is 0.0684. The minimum absolute atomic E-state index is 0. The topological polar surface area (TPSA) is 203 Å². The molecule has 0 spiro atoms. The summed E-state index contributed by atoms with van der Waals surface area (Å²) in [6.45, 7) is 4.55. The highest BCUT2D eigenvalue weighted by atomic mass is 35.5. The predicted octanol–water partition coefficient (Wildman–Crippen LogP) is 0.790. The zero-order valence-corrected chi connectivity index (χ0v) is 25.4. The van der Waals surface area contributed by atoms with E-state index in [1.54, 1.807) is 20.8 Å². The maximum atomic E-state index is 13.3. The maximum absolute atomic E-state index is 13.3. The number of hydrogen-bond acceptors (Lipinski definition) is 14. The number of amides is 3. The number of thioether (sulfide) groups is 1. The number of anilines is 1. The number of oxime groups is 1. The maximum Gasteiger partial charge on any atom is 0.358 e. The van der Waals surface area contributed by atoms with Crippen LogP contribution in [0.25, 0.3) is 0 Å². The van der Waals surface area contributed by atoms with Crippen molar-refractivity contribution in [2.75, 3.05) is 31.9 Å². The lowest BCUT2D eigenvalue weighted by molar-refractivity contribution is -0.173. The SMILES string of the molecule is CON1CCC(=CC2=C(C(=O)OCOC(=O)C(C)(C)C)N3C(=O)C(NC(=O)C(=NO)c4csc(N)n4)C3SC2)C1=O.Cl. The molecule has 4 rings (SSSR count). The van der Waals surface area contributed by atoms with Crippen molar-refractivity contribution in [1.29, 1.82) is 0 Å². The van der Waals surface area contributed by atoms with E-state index in [-0.39, 0.29) is 40.6 Å². The minimum atomic E-state index is -1.08. The summed E-state index contributed by atoms with van der Waals surface area (Å²) in [7, 11) is 1.37. The van der Waals surface area contributed by atoms with Crippen LogP contribution >= 0.6 is 35.5 Å². The lowest BCUT2D eigenvalue weighted by atomic mass is 9.98. The summed E-state index contributed by atoms with van der Waals surface area (Å²) in [5.74, 6) is -3.26. The molecule has 42 heavy (non-hydrogen) atoms. The number of nitrogen functional groups attached to an aromatic ring is 1. The van der Waals surface area contributed by atoms with Gasteiger partial charge in [-0.3, -0.25) is 28.9 Å². The standard InChI is InChI=1S/C24H28N6O9S2.ClH/c1-24(2,3)22(35)39-10-38-21(34)16-12(7-11-5-6-29(37-4)18(11)32)8-40-20-15(19(33)30(16)20)27-17(31)14(28-36)13-9-41-23(25)26-13;/h7,9,15,20,36H,5-6,8,10H2,1-4H3,(H2,25,26)(H,27,31);1H. The van der Waals surface area contributed by atoms with Crippen molar-refractivity contribution < 1.29 is 43.5 Å². The average Bonchev–Trinajstić information content (AvgIpc) is 3.51. The molecule has 0 saturated carbocycles. The number of carbonyl (C=O) groups excluding carboxylic acids is 5. The second kappa shape index (κ2) is 13.1. The summed E-state index contributed by atoms with van der Waals surface area (Å²) >= 11 is 2.28. The van der Waals surface area contributed by atoms with E-state index in [1.807, 2.05) is 0 Å². The second-order valence-corrected chi connectivity index (χ2v) is 12.0. The molecule has 2 atom stereocenters. The molecule has 3 aliphatic rings. The molecular weight excluding hydrogens is 616 g/mol. The van der Waals surface area contributed by atoms with Crippen LogP contribution in [0.4, 0.5) is 5.13 Å². The summed E-state index contributed by atoms with van der Waals surface area (Å²) in [5.41, 5.74) is 4.93. The van der Waals surface area contributed by atoms with E-state index in [9.17, 15) is 29.2 Å². The molecule has 228 valence electrons. The van der Waals surface area contributed by atoms with E-state index in [2.05, 4.69) is 15.5 Å². The molecule has 2 saturated heterocycles. The van der Waals surface area contributed by atoms with E-state index in [4.69, 9.17) is 20.0 Å². The number of nitrogens with zero attached hydrogens (tertiary/aromatic N) is 4. The Bertz CT molecular complexity index is 1390. The van der Waals surface area contributed by atoms with Crippen molar-refractivity contribution in [2.24, 2.45) is 10.6 Å². The van der Waals surface area contributed by atoms with Crippen molar-refractivity contribution in [3.05, 3.63) is 34.0 Å². The molecule has 4 heterocycles. The van der Waals surface area contributed by atoms with Crippen LogP contribution in [0.1, 0.15) is 32.9 Å². The first-order valence-electron chi connectivity index (χ1n) is 12.2. The van der Waals surface area contributed by atoms with Gasteiger partial charge in [-0.25, -0.2) is 14.8 Å². The highest BCUT2D eigenvalue weighted by molar-refractivity contribution is 8.00. The number of nitrogens with two attached hydrogens (primary N) is 1. The van der Waals surface area contributed by atoms with E-state index in [0.717, 1.165) is 16.2 Å². The van der Waals surface area contributed by atoms with Gasteiger partial charge in [0.05, 0.1) is 19.1 Å². The fourth-order valence-corrected chi connectivity index (χ4v) is 5.95. The number of hydroxylamine groups is 2. The summed E-state index contributed by atoms with van der Waals surface area (Å²) < 4.78 is 10.2. The van der Waals surface area contributed by atoms with Gasteiger partial charge in [-0.05, 0) is 38.8 Å². The molecule has 1 aromatic heterocycles. The Kier molecular flexibility index (Phi) is 10.2. The van der Waals surface area contributed by atoms with E-state index >= 15 is 0 Å².